The van der Waals surface area contributed by atoms with E-state index in [1.54, 1.807) is 24.3 Å². The van der Waals surface area contributed by atoms with Gasteiger partial charge in [0.25, 0.3) is 0 Å². The van der Waals surface area contributed by atoms with Gasteiger partial charge >= 0.3 is 12.1 Å². The van der Waals surface area contributed by atoms with Crippen LogP contribution in [0.2, 0.25) is 0 Å². The Morgan fingerprint density at radius 3 is 2.78 bits per heavy atom. The summed E-state index contributed by atoms with van der Waals surface area (Å²) in [4.78, 5) is 21.7. The summed E-state index contributed by atoms with van der Waals surface area (Å²) in [5.41, 5.74) is 1.52. The van der Waals surface area contributed by atoms with Crippen LogP contribution in [0.15, 0.2) is 36.9 Å². The van der Waals surface area contributed by atoms with Gasteiger partial charge in [-0.2, -0.15) is 0 Å². The number of benzene rings is 1. The fourth-order valence-corrected chi connectivity index (χ4v) is 1.38. The van der Waals surface area contributed by atoms with E-state index in [2.05, 4.69) is 11.9 Å². The number of carbonyl (C=O) groups is 2. The van der Waals surface area contributed by atoms with Crippen LogP contribution in [-0.2, 0) is 22.5 Å². The van der Waals surface area contributed by atoms with Crippen LogP contribution < -0.4 is 5.32 Å². The molecule has 5 heteroatoms. The number of ether oxygens (including phenoxy) is 1. The summed E-state index contributed by atoms with van der Waals surface area (Å²) >= 11 is 0. The molecule has 0 unspecified atom stereocenters. The van der Waals surface area contributed by atoms with Gasteiger partial charge in [-0.3, -0.25) is 4.79 Å². The number of hydrogen-bond donors (Lipinski definition) is 2. The summed E-state index contributed by atoms with van der Waals surface area (Å²) < 4.78 is 4.75. The van der Waals surface area contributed by atoms with Gasteiger partial charge in [0, 0.05) is 6.54 Å². The van der Waals surface area contributed by atoms with Crippen LogP contribution >= 0.6 is 0 Å². The molecule has 0 spiro atoms. The molecule has 0 aliphatic heterocycles. The highest BCUT2D eigenvalue weighted by atomic mass is 16.5. The van der Waals surface area contributed by atoms with Gasteiger partial charge in [-0.1, -0.05) is 36.9 Å². The monoisotopic (exact) mass is 249 g/mol. The summed E-state index contributed by atoms with van der Waals surface area (Å²) in [7, 11) is 0. The smallest absolute Gasteiger partial charge is 0.407 e. The minimum atomic E-state index is -0.884. The maximum absolute atomic E-state index is 11.2. The van der Waals surface area contributed by atoms with Crippen LogP contribution in [0.4, 0.5) is 4.79 Å². The van der Waals surface area contributed by atoms with E-state index in [0.29, 0.717) is 12.1 Å². The summed E-state index contributed by atoms with van der Waals surface area (Å²) in [6.45, 7) is 3.88. The van der Waals surface area contributed by atoms with Crippen molar-refractivity contribution in [1.29, 1.82) is 0 Å². The normalized spacial score (nSPS) is 9.56. The Bertz CT molecular complexity index is 442. The third-order valence-electron chi connectivity index (χ3n) is 2.12. The van der Waals surface area contributed by atoms with Crippen molar-refractivity contribution >= 4 is 12.1 Å². The second-order valence-corrected chi connectivity index (χ2v) is 3.63. The second-order valence-electron chi connectivity index (χ2n) is 3.63. The molecule has 1 rings (SSSR count). The number of alkyl carbamates (subject to hydrolysis) is 1. The lowest BCUT2D eigenvalue weighted by Gasteiger charge is -2.06. The zero-order valence-corrected chi connectivity index (χ0v) is 9.89. The number of amides is 1. The molecule has 0 saturated heterocycles. The van der Waals surface area contributed by atoms with Crippen LogP contribution in [0.3, 0.4) is 0 Å². The fourth-order valence-electron chi connectivity index (χ4n) is 1.38. The molecular weight excluding hydrogens is 234 g/mol. The Labute approximate surface area is 105 Å². The molecule has 1 aromatic rings. The molecule has 18 heavy (non-hydrogen) atoms. The SMILES string of the molecule is C=CCOC(=O)NCc1cccc(CC(=O)O)c1. The van der Waals surface area contributed by atoms with Gasteiger partial charge in [-0.15, -0.1) is 0 Å². The lowest BCUT2D eigenvalue weighted by Crippen LogP contribution is -2.23. The van der Waals surface area contributed by atoms with E-state index in [-0.39, 0.29) is 13.0 Å². The molecule has 2 N–H and O–H groups in total. The summed E-state index contributed by atoms with van der Waals surface area (Å²) in [6, 6.07) is 7.03. The molecule has 0 radical (unpaired) electrons. The van der Waals surface area contributed by atoms with Gasteiger partial charge in [0.1, 0.15) is 6.61 Å². The van der Waals surface area contributed by atoms with Gasteiger partial charge in [0.15, 0.2) is 0 Å². The van der Waals surface area contributed by atoms with Crippen LogP contribution in [0.1, 0.15) is 11.1 Å². The lowest BCUT2D eigenvalue weighted by molar-refractivity contribution is -0.136. The van der Waals surface area contributed by atoms with Gasteiger partial charge in [-0.25, -0.2) is 4.79 Å². The van der Waals surface area contributed by atoms with E-state index in [1.165, 1.54) is 6.08 Å². The largest absolute Gasteiger partial charge is 0.481 e. The molecule has 0 heterocycles. The molecule has 96 valence electrons. The number of rotatable bonds is 6. The molecule has 1 amide bonds. The van der Waals surface area contributed by atoms with Crippen molar-refractivity contribution in [3.05, 3.63) is 48.0 Å². The fraction of sp³-hybridized carbons (Fsp3) is 0.231. The molecule has 0 aromatic heterocycles. The molecule has 0 bridgehead atoms. The predicted molar refractivity (Wildman–Crippen MR) is 66.2 cm³/mol. The van der Waals surface area contributed by atoms with Crippen molar-refractivity contribution in [3.8, 4) is 0 Å². The highest BCUT2D eigenvalue weighted by Gasteiger charge is 2.03. The van der Waals surface area contributed by atoms with E-state index in [4.69, 9.17) is 9.84 Å². The van der Waals surface area contributed by atoms with Gasteiger partial charge in [-0.05, 0) is 11.1 Å². The van der Waals surface area contributed by atoms with Crippen molar-refractivity contribution in [2.45, 2.75) is 13.0 Å². The Balaban J connectivity index is 2.49. The summed E-state index contributed by atoms with van der Waals surface area (Å²) in [6.07, 6.45) is 0.917. The lowest BCUT2D eigenvalue weighted by atomic mass is 10.1. The van der Waals surface area contributed by atoms with Gasteiger partial charge < -0.3 is 15.2 Å². The first-order valence-electron chi connectivity index (χ1n) is 5.43. The van der Waals surface area contributed by atoms with E-state index in [1.807, 2.05) is 0 Å². The number of hydrogen-bond acceptors (Lipinski definition) is 3. The average Bonchev–Trinajstić information content (AvgIpc) is 2.33. The standard InChI is InChI=1S/C13H15NO4/c1-2-6-18-13(17)14-9-11-5-3-4-10(7-11)8-12(15)16/h2-5,7H,1,6,8-9H2,(H,14,17)(H,15,16). The van der Waals surface area contributed by atoms with Crippen LogP contribution in [0.25, 0.3) is 0 Å². The van der Waals surface area contributed by atoms with E-state index in [9.17, 15) is 9.59 Å². The third kappa shape index (κ3) is 5.16. The highest BCUT2D eigenvalue weighted by molar-refractivity contribution is 5.70. The molecule has 0 fully saturated rings. The molecule has 0 saturated carbocycles. The minimum absolute atomic E-state index is 0.0330. The topological polar surface area (TPSA) is 75.6 Å². The first-order chi connectivity index (χ1) is 8.61. The Kier molecular flexibility index (Phi) is 5.44. The van der Waals surface area contributed by atoms with Crippen molar-refractivity contribution in [2.24, 2.45) is 0 Å². The molecule has 0 aliphatic carbocycles. The number of nitrogens with one attached hydrogen (secondary N) is 1. The zero-order chi connectivity index (χ0) is 13.4. The third-order valence-corrected chi connectivity index (χ3v) is 2.12. The molecule has 0 aliphatic rings. The minimum Gasteiger partial charge on any atom is -0.481 e. The van der Waals surface area contributed by atoms with Crippen molar-refractivity contribution in [1.82, 2.24) is 5.32 Å². The molecule has 5 nitrogen and oxygen atoms in total. The number of carbonyl (C=O) groups excluding carboxylic acids is 1. The van der Waals surface area contributed by atoms with Crippen molar-refractivity contribution < 1.29 is 19.4 Å². The molecule has 1 aromatic carbocycles. The molecular formula is C13H15NO4. The molecule has 0 atom stereocenters. The maximum atomic E-state index is 11.2. The number of carboxylic acids is 1. The number of aliphatic carboxylic acids is 1. The summed E-state index contributed by atoms with van der Waals surface area (Å²) in [5, 5.41) is 11.2. The van der Waals surface area contributed by atoms with Crippen molar-refractivity contribution in [2.75, 3.05) is 6.61 Å². The van der Waals surface area contributed by atoms with Crippen LogP contribution in [-0.4, -0.2) is 23.8 Å². The quantitative estimate of drug-likeness (QED) is 0.753. The predicted octanol–water partition coefficient (Wildman–Crippen LogP) is 1.73. The Morgan fingerprint density at radius 1 is 1.39 bits per heavy atom. The zero-order valence-electron chi connectivity index (χ0n) is 9.89. The first kappa shape index (κ1) is 13.8. The Hall–Kier alpha value is -2.30. The van der Waals surface area contributed by atoms with E-state index in [0.717, 1.165) is 5.56 Å². The van der Waals surface area contributed by atoms with Gasteiger partial charge in [0.2, 0.25) is 0 Å². The first-order valence-corrected chi connectivity index (χ1v) is 5.43. The van der Waals surface area contributed by atoms with Crippen LogP contribution in [0.5, 0.6) is 0 Å². The maximum Gasteiger partial charge on any atom is 0.407 e. The number of carboxylic acid groups (broad SMARTS) is 1. The summed E-state index contributed by atoms with van der Waals surface area (Å²) in [5.74, 6) is -0.884. The van der Waals surface area contributed by atoms with E-state index < -0.39 is 12.1 Å². The van der Waals surface area contributed by atoms with Crippen LogP contribution in [0, 0.1) is 0 Å². The van der Waals surface area contributed by atoms with Crippen molar-refractivity contribution in [3.63, 3.8) is 0 Å². The Morgan fingerprint density at radius 2 is 2.11 bits per heavy atom. The van der Waals surface area contributed by atoms with Gasteiger partial charge in [0.05, 0.1) is 6.42 Å². The second kappa shape index (κ2) is 7.11. The highest BCUT2D eigenvalue weighted by Crippen LogP contribution is 2.06. The van der Waals surface area contributed by atoms with E-state index >= 15 is 0 Å². The average molecular weight is 249 g/mol.